The van der Waals surface area contributed by atoms with Crippen LogP contribution in [0.3, 0.4) is 0 Å². The summed E-state index contributed by atoms with van der Waals surface area (Å²) in [5, 5.41) is 5.45. The van der Waals surface area contributed by atoms with Crippen LogP contribution in [0.2, 0.25) is 5.02 Å². The van der Waals surface area contributed by atoms with Crippen LogP contribution >= 0.6 is 23.4 Å². The van der Waals surface area contributed by atoms with Crippen LogP contribution in [-0.2, 0) is 4.79 Å². The van der Waals surface area contributed by atoms with E-state index in [0.29, 0.717) is 11.4 Å². The minimum atomic E-state index is -0.228. The third-order valence-electron chi connectivity index (χ3n) is 4.82. The summed E-state index contributed by atoms with van der Waals surface area (Å²) in [7, 11) is 0. The van der Waals surface area contributed by atoms with E-state index in [4.69, 9.17) is 16.6 Å². The van der Waals surface area contributed by atoms with Crippen molar-refractivity contribution in [3.8, 4) is 0 Å². The molecular formula is C23H25ClN2OS. The normalized spacial score (nSPS) is 12.2. The predicted octanol–water partition coefficient (Wildman–Crippen LogP) is 6.63. The Hall–Kier alpha value is -2.04. The number of nitrogens with zero attached hydrogens (tertiary/aromatic N) is 1. The van der Waals surface area contributed by atoms with Crippen LogP contribution in [0.4, 0.5) is 5.69 Å². The quantitative estimate of drug-likeness (QED) is 0.478. The van der Waals surface area contributed by atoms with Gasteiger partial charge in [-0.3, -0.25) is 4.79 Å². The van der Waals surface area contributed by atoms with Gasteiger partial charge in [-0.05, 0) is 75.1 Å². The van der Waals surface area contributed by atoms with Gasteiger partial charge in [-0.15, -0.1) is 0 Å². The van der Waals surface area contributed by atoms with Crippen molar-refractivity contribution in [1.82, 2.24) is 4.98 Å². The van der Waals surface area contributed by atoms with E-state index < -0.39 is 0 Å². The highest BCUT2D eigenvalue weighted by Crippen LogP contribution is 2.31. The molecule has 2 aromatic carbocycles. The van der Waals surface area contributed by atoms with Crippen LogP contribution < -0.4 is 5.32 Å². The summed E-state index contributed by atoms with van der Waals surface area (Å²) in [6, 6.07) is 11.9. The van der Waals surface area contributed by atoms with Crippen LogP contribution in [0.25, 0.3) is 10.9 Å². The lowest BCUT2D eigenvalue weighted by Gasteiger charge is -2.17. The Bertz CT molecular complexity index is 1050. The number of hydrogen-bond donors (Lipinski definition) is 1. The van der Waals surface area contributed by atoms with Gasteiger partial charge in [0.05, 0.1) is 15.8 Å². The number of rotatable bonds is 5. The van der Waals surface area contributed by atoms with Crippen LogP contribution in [0.15, 0.2) is 41.4 Å². The van der Waals surface area contributed by atoms with Crippen molar-refractivity contribution in [3.05, 3.63) is 63.7 Å². The number of benzene rings is 2. The average Bonchev–Trinajstić information content (AvgIpc) is 2.63. The van der Waals surface area contributed by atoms with Gasteiger partial charge < -0.3 is 5.32 Å². The topological polar surface area (TPSA) is 42.0 Å². The number of anilines is 1. The van der Waals surface area contributed by atoms with Crippen LogP contribution in [0.5, 0.6) is 0 Å². The number of pyridine rings is 1. The summed E-state index contributed by atoms with van der Waals surface area (Å²) in [6.45, 7) is 10.3. The van der Waals surface area contributed by atoms with Crippen LogP contribution in [0.1, 0.15) is 35.6 Å². The first-order valence-corrected chi connectivity index (χ1v) is 10.7. The monoisotopic (exact) mass is 412 g/mol. The minimum absolute atomic E-state index is 0.0296. The first-order chi connectivity index (χ1) is 13.3. The first-order valence-electron chi connectivity index (χ1n) is 9.40. The molecule has 0 saturated heterocycles. The maximum absolute atomic E-state index is 12.9. The molecule has 0 fully saturated rings. The Morgan fingerprint density at radius 2 is 1.82 bits per heavy atom. The summed E-state index contributed by atoms with van der Waals surface area (Å²) >= 11 is 7.59. The molecule has 1 heterocycles. The van der Waals surface area contributed by atoms with Crippen molar-refractivity contribution in [2.75, 3.05) is 5.32 Å². The SMILES string of the molecule is CCC(Sc1cc(C)c2cc(C)cc(C)c2n1)C(=O)Nc1cc(Cl)ccc1C. The number of halogens is 1. The molecule has 1 aromatic heterocycles. The lowest BCUT2D eigenvalue weighted by molar-refractivity contribution is -0.115. The van der Waals surface area contributed by atoms with Gasteiger partial charge in [-0.1, -0.05) is 48.0 Å². The first kappa shape index (κ1) is 20.7. The molecule has 0 saturated carbocycles. The minimum Gasteiger partial charge on any atom is -0.325 e. The Morgan fingerprint density at radius 3 is 2.54 bits per heavy atom. The molecule has 0 bridgehead atoms. The Labute approximate surface area is 175 Å². The second-order valence-electron chi connectivity index (χ2n) is 7.22. The number of aromatic nitrogens is 1. The molecular weight excluding hydrogens is 388 g/mol. The highest BCUT2D eigenvalue weighted by Gasteiger charge is 2.20. The van der Waals surface area contributed by atoms with Gasteiger partial charge in [0.1, 0.15) is 0 Å². The second kappa shape index (κ2) is 8.54. The molecule has 3 aromatic rings. The number of fused-ring (bicyclic) bond motifs is 1. The largest absolute Gasteiger partial charge is 0.325 e. The number of amides is 1. The summed E-state index contributed by atoms with van der Waals surface area (Å²) in [4.78, 5) is 17.7. The lowest BCUT2D eigenvalue weighted by Crippen LogP contribution is -2.25. The highest BCUT2D eigenvalue weighted by molar-refractivity contribution is 8.00. The van der Waals surface area contributed by atoms with Crippen LogP contribution in [0, 0.1) is 27.7 Å². The van der Waals surface area contributed by atoms with Crippen molar-refractivity contribution in [2.24, 2.45) is 0 Å². The van der Waals surface area contributed by atoms with Crippen molar-refractivity contribution in [2.45, 2.75) is 51.3 Å². The van der Waals surface area contributed by atoms with Crippen molar-refractivity contribution in [1.29, 1.82) is 0 Å². The second-order valence-corrected chi connectivity index (χ2v) is 8.88. The molecule has 28 heavy (non-hydrogen) atoms. The molecule has 0 radical (unpaired) electrons. The van der Waals surface area contributed by atoms with Crippen LogP contribution in [-0.4, -0.2) is 16.1 Å². The van der Waals surface area contributed by atoms with E-state index in [2.05, 4.69) is 44.3 Å². The zero-order valence-corrected chi connectivity index (χ0v) is 18.5. The van der Waals surface area contributed by atoms with E-state index in [-0.39, 0.29) is 11.2 Å². The van der Waals surface area contributed by atoms with Gasteiger partial charge in [0.25, 0.3) is 0 Å². The molecule has 1 atom stereocenters. The molecule has 1 amide bonds. The zero-order chi connectivity index (χ0) is 20.4. The standard InChI is InChI=1S/C23H25ClN2OS/c1-6-20(23(27)25-19-12-17(24)8-7-14(19)3)28-21-11-15(4)18-10-13(2)9-16(5)22(18)26-21/h7-12,20H,6H2,1-5H3,(H,25,27). The summed E-state index contributed by atoms with van der Waals surface area (Å²) < 4.78 is 0. The van der Waals surface area contributed by atoms with Gasteiger partial charge in [-0.25, -0.2) is 4.98 Å². The lowest BCUT2D eigenvalue weighted by atomic mass is 10.0. The molecule has 146 valence electrons. The van der Waals surface area contributed by atoms with Gasteiger partial charge in [0.15, 0.2) is 0 Å². The maximum atomic E-state index is 12.9. The molecule has 0 aliphatic rings. The summed E-state index contributed by atoms with van der Waals surface area (Å²) in [5.74, 6) is -0.0296. The van der Waals surface area contributed by atoms with Gasteiger partial charge >= 0.3 is 0 Å². The van der Waals surface area contributed by atoms with Gasteiger partial charge in [-0.2, -0.15) is 0 Å². The third-order valence-corrected chi connectivity index (χ3v) is 6.33. The molecule has 0 spiro atoms. The molecule has 3 rings (SSSR count). The molecule has 1 unspecified atom stereocenters. The summed E-state index contributed by atoms with van der Waals surface area (Å²) in [6.07, 6.45) is 0.710. The molecule has 5 heteroatoms. The highest BCUT2D eigenvalue weighted by atomic mass is 35.5. The fraction of sp³-hybridized carbons (Fsp3) is 0.304. The number of carbonyl (C=O) groups is 1. The Balaban J connectivity index is 1.86. The van der Waals surface area contributed by atoms with E-state index >= 15 is 0 Å². The summed E-state index contributed by atoms with van der Waals surface area (Å²) in [5.41, 5.74) is 6.33. The van der Waals surface area contributed by atoms with Gasteiger partial charge in [0, 0.05) is 16.1 Å². The maximum Gasteiger partial charge on any atom is 0.237 e. The van der Waals surface area contributed by atoms with Crippen molar-refractivity contribution >= 4 is 45.9 Å². The van der Waals surface area contributed by atoms with E-state index in [1.165, 1.54) is 28.3 Å². The molecule has 1 N–H and O–H groups in total. The smallest absolute Gasteiger partial charge is 0.237 e. The van der Waals surface area contributed by atoms with E-state index in [1.807, 2.05) is 26.0 Å². The van der Waals surface area contributed by atoms with Crippen molar-refractivity contribution < 1.29 is 4.79 Å². The fourth-order valence-corrected chi connectivity index (χ4v) is 4.47. The molecule has 0 aliphatic carbocycles. The number of thioether (sulfide) groups is 1. The molecule has 0 aliphatic heterocycles. The predicted molar refractivity (Wildman–Crippen MR) is 121 cm³/mol. The van der Waals surface area contributed by atoms with Crippen molar-refractivity contribution in [3.63, 3.8) is 0 Å². The Morgan fingerprint density at radius 1 is 1.07 bits per heavy atom. The number of nitrogens with one attached hydrogen (secondary N) is 1. The number of aryl methyl sites for hydroxylation is 4. The average molecular weight is 413 g/mol. The molecule has 3 nitrogen and oxygen atoms in total. The number of carbonyl (C=O) groups excluding carboxylic acids is 1. The zero-order valence-electron chi connectivity index (χ0n) is 16.9. The van der Waals surface area contributed by atoms with Gasteiger partial charge in [0.2, 0.25) is 5.91 Å². The fourth-order valence-electron chi connectivity index (χ4n) is 3.28. The number of hydrogen-bond acceptors (Lipinski definition) is 3. The van der Waals surface area contributed by atoms with E-state index in [0.717, 1.165) is 27.4 Å². The van der Waals surface area contributed by atoms with E-state index in [1.54, 1.807) is 6.07 Å². The van der Waals surface area contributed by atoms with E-state index in [9.17, 15) is 4.79 Å². The third kappa shape index (κ3) is 4.50. The Kier molecular flexibility index (Phi) is 6.31.